The first-order valence-corrected chi connectivity index (χ1v) is 12.3. The first-order valence-electron chi connectivity index (χ1n) is 12.3. The Bertz CT molecular complexity index is 1670. The van der Waals surface area contributed by atoms with Crippen molar-refractivity contribution < 1.29 is 38.5 Å². The second-order valence-corrected chi connectivity index (χ2v) is 9.46. The van der Waals surface area contributed by atoms with Crippen molar-refractivity contribution >= 4 is 17.4 Å². The molecule has 1 fully saturated rings. The SMILES string of the molecule is Nc1c(C2O[C@H](C(O)C(=O)c3ccccc3)[C@](O)(C(=O)c3ccc(-c4ccccc4)cc3)[C@H]2O)c(F)nc(=O)n1F. The van der Waals surface area contributed by atoms with Gasteiger partial charge in [-0.1, -0.05) is 89.4 Å². The number of nitrogens with zero attached hydrogens (tertiary/aromatic N) is 2. The van der Waals surface area contributed by atoms with Crippen LogP contribution >= 0.6 is 0 Å². The van der Waals surface area contributed by atoms with Gasteiger partial charge in [0, 0.05) is 11.1 Å². The molecule has 10 nitrogen and oxygen atoms in total. The predicted molar refractivity (Wildman–Crippen MR) is 141 cm³/mol. The maximum absolute atomic E-state index is 14.8. The van der Waals surface area contributed by atoms with E-state index in [2.05, 4.69) is 4.98 Å². The third kappa shape index (κ3) is 4.72. The van der Waals surface area contributed by atoms with Crippen molar-refractivity contribution in [3.8, 4) is 11.1 Å². The van der Waals surface area contributed by atoms with Crippen LogP contribution in [0.1, 0.15) is 32.4 Å². The second-order valence-electron chi connectivity index (χ2n) is 9.46. The number of benzene rings is 3. The van der Waals surface area contributed by atoms with Crippen LogP contribution < -0.4 is 11.4 Å². The van der Waals surface area contributed by atoms with E-state index in [1.54, 1.807) is 18.2 Å². The van der Waals surface area contributed by atoms with Crippen LogP contribution in [0.5, 0.6) is 0 Å². The van der Waals surface area contributed by atoms with E-state index in [9.17, 15) is 38.6 Å². The summed E-state index contributed by atoms with van der Waals surface area (Å²) in [6, 6.07) is 22.3. The molecular weight excluding hydrogens is 540 g/mol. The van der Waals surface area contributed by atoms with Crippen LogP contribution in [-0.4, -0.2) is 60.6 Å². The van der Waals surface area contributed by atoms with E-state index in [1.807, 2.05) is 30.3 Å². The van der Waals surface area contributed by atoms with Crippen molar-refractivity contribution in [1.29, 1.82) is 0 Å². The highest BCUT2D eigenvalue weighted by atomic mass is 19.2. The summed E-state index contributed by atoms with van der Waals surface area (Å²) in [6.45, 7) is 0. The fourth-order valence-electron chi connectivity index (χ4n) is 4.89. The molecule has 12 heteroatoms. The van der Waals surface area contributed by atoms with Crippen LogP contribution in [-0.2, 0) is 4.74 Å². The van der Waals surface area contributed by atoms with Crippen LogP contribution in [0, 0.1) is 5.95 Å². The van der Waals surface area contributed by atoms with Gasteiger partial charge in [-0.2, -0.15) is 9.37 Å². The summed E-state index contributed by atoms with van der Waals surface area (Å²) in [6.07, 6.45) is -8.97. The van der Waals surface area contributed by atoms with E-state index in [4.69, 9.17) is 10.5 Å². The van der Waals surface area contributed by atoms with Crippen LogP contribution in [0.2, 0.25) is 0 Å². The summed E-state index contributed by atoms with van der Waals surface area (Å²) in [5.74, 6) is -4.97. The summed E-state index contributed by atoms with van der Waals surface area (Å²) in [5.41, 5.74) is 1.18. The number of Topliss-reactive ketones (excluding diaryl/α,β-unsaturated/α-hetero) is 2. The predicted octanol–water partition coefficient (Wildman–Crippen LogP) is 2.02. The second kappa shape index (κ2) is 10.7. The Labute approximate surface area is 230 Å². The van der Waals surface area contributed by atoms with E-state index in [-0.39, 0.29) is 11.1 Å². The van der Waals surface area contributed by atoms with Crippen molar-refractivity contribution in [2.75, 3.05) is 5.73 Å². The van der Waals surface area contributed by atoms with Crippen LogP contribution in [0.15, 0.2) is 89.7 Å². The van der Waals surface area contributed by atoms with Crippen molar-refractivity contribution in [2.24, 2.45) is 0 Å². The molecule has 210 valence electrons. The molecule has 0 bridgehead atoms. The molecule has 2 unspecified atom stereocenters. The number of carbonyl (C=O) groups excluding carboxylic acids is 2. The Morgan fingerprint density at radius 3 is 2.12 bits per heavy atom. The zero-order valence-corrected chi connectivity index (χ0v) is 21.1. The lowest BCUT2D eigenvalue weighted by Gasteiger charge is -2.31. The minimum atomic E-state index is -3.07. The largest absolute Gasteiger partial charge is 0.386 e. The third-order valence-corrected chi connectivity index (χ3v) is 7.05. The maximum atomic E-state index is 14.8. The van der Waals surface area contributed by atoms with E-state index in [0.29, 0.717) is 0 Å². The van der Waals surface area contributed by atoms with Gasteiger partial charge in [-0.25, -0.2) is 4.79 Å². The highest BCUT2D eigenvalue weighted by Gasteiger charge is 2.64. The lowest BCUT2D eigenvalue weighted by molar-refractivity contribution is -0.0872. The number of ether oxygens (including phenoxy) is 1. The van der Waals surface area contributed by atoms with Crippen molar-refractivity contribution in [3.63, 3.8) is 0 Å². The Hall–Kier alpha value is -4.62. The summed E-state index contributed by atoms with van der Waals surface area (Å²) in [7, 11) is 0. The number of hydrogen-bond donors (Lipinski definition) is 4. The van der Waals surface area contributed by atoms with Gasteiger partial charge in [-0.05, 0) is 11.1 Å². The Kier molecular flexibility index (Phi) is 7.32. The molecular formula is C29H23F2N3O7. The monoisotopic (exact) mass is 563 g/mol. The molecule has 0 radical (unpaired) electrons. The van der Waals surface area contributed by atoms with Gasteiger partial charge in [0.05, 0.1) is 5.56 Å². The molecule has 2 heterocycles. The van der Waals surface area contributed by atoms with E-state index in [1.165, 1.54) is 36.4 Å². The Morgan fingerprint density at radius 1 is 0.951 bits per heavy atom. The number of aliphatic hydroxyl groups excluding tert-OH is 2. The van der Waals surface area contributed by atoms with Crippen molar-refractivity contribution in [2.45, 2.75) is 30.0 Å². The highest BCUT2D eigenvalue weighted by Crippen LogP contribution is 2.45. The summed E-state index contributed by atoms with van der Waals surface area (Å²) in [5, 5.41) is 34.0. The summed E-state index contributed by atoms with van der Waals surface area (Å²) >= 11 is 0. The lowest BCUT2D eigenvalue weighted by atomic mass is 9.79. The summed E-state index contributed by atoms with van der Waals surface area (Å²) < 4.78 is 34.6. The smallest absolute Gasteiger partial charge is 0.380 e. The zero-order valence-electron chi connectivity index (χ0n) is 21.1. The molecule has 5 N–H and O–H groups in total. The fourth-order valence-corrected chi connectivity index (χ4v) is 4.89. The molecule has 0 spiro atoms. The Morgan fingerprint density at radius 2 is 1.51 bits per heavy atom. The fraction of sp³-hybridized carbons (Fsp3) is 0.172. The lowest BCUT2D eigenvalue weighted by Crippen LogP contribution is -2.59. The topological polar surface area (TPSA) is 165 Å². The number of halogens is 2. The van der Waals surface area contributed by atoms with E-state index < -0.39 is 69.4 Å². The van der Waals surface area contributed by atoms with Crippen LogP contribution in [0.4, 0.5) is 14.7 Å². The number of anilines is 1. The minimum Gasteiger partial charge on any atom is -0.386 e. The number of aromatic nitrogens is 2. The van der Waals surface area contributed by atoms with Crippen molar-refractivity contribution in [1.82, 2.24) is 9.77 Å². The first-order chi connectivity index (χ1) is 19.6. The number of hydrogen-bond acceptors (Lipinski definition) is 9. The van der Waals surface area contributed by atoms with Gasteiger partial charge in [0.2, 0.25) is 5.95 Å². The van der Waals surface area contributed by atoms with Gasteiger partial charge in [-0.3, -0.25) is 9.59 Å². The molecule has 1 aliphatic heterocycles. The van der Waals surface area contributed by atoms with Crippen LogP contribution in [0.25, 0.3) is 11.1 Å². The van der Waals surface area contributed by atoms with E-state index in [0.717, 1.165) is 11.1 Å². The van der Waals surface area contributed by atoms with Crippen molar-refractivity contribution in [3.05, 3.63) is 118 Å². The Balaban J connectivity index is 1.59. The minimum absolute atomic E-state index is 0.0202. The van der Waals surface area contributed by atoms with Gasteiger partial charge in [-0.15, -0.1) is 4.79 Å². The zero-order chi connectivity index (χ0) is 29.5. The quantitative estimate of drug-likeness (QED) is 0.194. The average Bonchev–Trinajstić information content (AvgIpc) is 3.26. The molecule has 4 aromatic rings. The van der Waals surface area contributed by atoms with Gasteiger partial charge in [0.1, 0.15) is 24.4 Å². The molecule has 1 aliphatic rings. The molecule has 3 aromatic carbocycles. The standard InChI is InChI=1S/C29H23F2N3O7/c30-26-19(27(32)34(31)28(39)33-26)22-24(38)29(40,25(41-22)21(36)20(35)17-9-5-2-6-10-17)23(37)18-13-11-16(12-14-18)15-7-3-1-4-8-15/h1-14,21-22,24-25,36,38,40H,32H2/t21?,22?,24-,25+,29-/m0/s1. The number of ketones is 2. The average molecular weight is 564 g/mol. The molecule has 0 saturated carbocycles. The van der Waals surface area contributed by atoms with Gasteiger partial charge < -0.3 is 25.8 Å². The number of carbonyl (C=O) groups is 2. The first kappa shape index (κ1) is 27.9. The van der Waals surface area contributed by atoms with Crippen LogP contribution in [0.3, 0.4) is 0 Å². The maximum Gasteiger partial charge on any atom is 0.380 e. The van der Waals surface area contributed by atoms with Gasteiger partial charge in [0.15, 0.2) is 23.0 Å². The van der Waals surface area contributed by atoms with E-state index >= 15 is 0 Å². The molecule has 5 rings (SSSR count). The summed E-state index contributed by atoms with van der Waals surface area (Å²) in [4.78, 5) is 40.6. The third-order valence-electron chi connectivity index (χ3n) is 7.05. The normalized spacial score (nSPS) is 22.8. The molecule has 5 atom stereocenters. The van der Waals surface area contributed by atoms with Gasteiger partial charge >= 0.3 is 5.69 Å². The molecule has 0 amide bonds. The van der Waals surface area contributed by atoms with Gasteiger partial charge in [0.25, 0.3) is 0 Å². The molecule has 41 heavy (non-hydrogen) atoms. The molecule has 1 saturated heterocycles. The molecule has 1 aromatic heterocycles. The number of aliphatic hydroxyl groups is 3. The molecule has 0 aliphatic carbocycles. The number of nitrogen functional groups attached to an aromatic ring is 1. The number of nitrogens with two attached hydrogens (primary N) is 1. The highest BCUT2D eigenvalue weighted by molar-refractivity contribution is 6.06. The number of rotatable bonds is 7.